The van der Waals surface area contributed by atoms with E-state index in [1.54, 1.807) is 31.3 Å². The monoisotopic (exact) mass is 288 g/mol. The predicted molar refractivity (Wildman–Crippen MR) is 81.5 cm³/mol. The zero-order chi connectivity index (χ0) is 15.2. The maximum absolute atomic E-state index is 12.2. The molecule has 0 atom stereocenters. The molecule has 2 N–H and O–H groups in total. The largest absolute Gasteiger partial charge is 0.356 e. The van der Waals surface area contributed by atoms with Gasteiger partial charge in [0, 0.05) is 26.7 Å². The molecule has 6 heteroatoms. The van der Waals surface area contributed by atoms with Gasteiger partial charge in [0.15, 0.2) is 5.96 Å². The Hall–Kier alpha value is -2.37. The van der Waals surface area contributed by atoms with Gasteiger partial charge in [0.1, 0.15) is 0 Å². The lowest BCUT2D eigenvalue weighted by molar-refractivity contribution is 0.0657. The summed E-state index contributed by atoms with van der Waals surface area (Å²) in [5.74, 6) is 0.219. The summed E-state index contributed by atoms with van der Waals surface area (Å²) in [6.45, 7) is 3.68. The quantitative estimate of drug-likeness (QED) is 0.479. The van der Waals surface area contributed by atoms with E-state index in [0.717, 1.165) is 13.0 Å². The third-order valence-corrected chi connectivity index (χ3v) is 3.27. The van der Waals surface area contributed by atoms with Crippen molar-refractivity contribution in [1.82, 2.24) is 15.5 Å². The van der Waals surface area contributed by atoms with E-state index in [-0.39, 0.29) is 11.8 Å². The number of hydrogen-bond donors (Lipinski definition) is 2. The Bertz CT molecular complexity index is 534. The molecule has 0 aliphatic carbocycles. The number of nitrogens with zero attached hydrogens (tertiary/aromatic N) is 2. The molecule has 0 saturated carbocycles. The summed E-state index contributed by atoms with van der Waals surface area (Å²) in [6, 6.07) is 6.90. The normalized spacial score (nSPS) is 14.4. The molecule has 1 aromatic carbocycles. The molecule has 0 aromatic heterocycles. The highest BCUT2D eigenvalue weighted by atomic mass is 16.2. The van der Waals surface area contributed by atoms with E-state index in [9.17, 15) is 9.59 Å². The van der Waals surface area contributed by atoms with Crippen molar-refractivity contribution < 1.29 is 9.59 Å². The summed E-state index contributed by atoms with van der Waals surface area (Å²) in [4.78, 5) is 29.7. The van der Waals surface area contributed by atoms with Gasteiger partial charge in [-0.05, 0) is 18.6 Å². The number of benzene rings is 1. The Morgan fingerprint density at radius 3 is 2.19 bits per heavy atom. The van der Waals surface area contributed by atoms with Gasteiger partial charge in [0.25, 0.3) is 11.8 Å². The van der Waals surface area contributed by atoms with Crippen molar-refractivity contribution in [2.24, 2.45) is 4.99 Å². The van der Waals surface area contributed by atoms with Crippen molar-refractivity contribution in [3.05, 3.63) is 35.4 Å². The fourth-order valence-electron chi connectivity index (χ4n) is 2.19. The molecule has 112 valence electrons. The average Bonchev–Trinajstić information content (AvgIpc) is 2.76. The Morgan fingerprint density at radius 1 is 1.10 bits per heavy atom. The second-order valence-corrected chi connectivity index (χ2v) is 4.73. The zero-order valence-electron chi connectivity index (χ0n) is 12.3. The summed E-state index contributed by atoms with van der Waals surface area (Å²) < 4.78 is 0. The first kappa shape index (κ1) is 15.0. The number of guanidine groups is 1. The first-order valence-corrected chi connectivity index (χ1v) is 7.08. The maximum Gasteiger partial charge on any atom is 0.261 e. The minimum Gasteiger partial charge on any atom is -0.356 e. The molecule has 0 spiro atoms. The molecule has 0 radical (unpaired) electrons. The van der Waals surface area contributed by atoms with E-state index in [2.05, 4.69) is 22.5 Å². The van der Waals surface area contributed by atoms with Crippen molar-refractivity contribution >= 4 is 17.8 Å². The van der Waals surface area contributed by atoms with Crippen LogP contribution in [0.1, 0.15) is 34.1 Å². The lowest BCUT2D eigenvalue weighted by Crippen LogP contribution is -2.43. The number of carbonyl (C=O) groups is 2. The smallest absolute Gasteiger partial charge is 0.261 e. The number of nitrogens with one attached hydrogen (secondary N) is 2. The van der Waals surface area contributed by atoms with Gasteiger partial charge in [-0.25, -0.2) is 0 Å². The topological polar surface area (TPSA) is 73.8 Å². The van der Waals surface area contributed by atoms with Gasteiger partial charge < -0.3 is 10.6 Å². The van der Waals surface area contributed by atoms with E-state index in [1.165, 1.54) is 4.90 Å². The summed E-state index contributed by atoms with van der Waals surface area (Å²) in [6.07, 6.45) is 0.999. The summed E-state index contributed by atoms with van der Waals surface area (Å²) in [7, 11) is 1.69. The molecular formula is C15H20N4O2. The first-order valence-electron chi connectivity index (χ1n) is 7.08. The van der Waals surface area contributed by atoms with Gasteiger partial charge in [-0.3, -0.25) is 19.5 Å². The van der Waals surface area contributed by atoms with Crippen molar-refractivity contribution in [2.45, 2.75) is 13.3 Å². The van der Waals surface area contributed by atoms with Crippen LogP contribution >= 0.6 is 0 Å². The number of carbonyl (C=O) groups excluding carboxylic acids is 2. The highest BCUT2D eigenvalue weighted by Crippen LogP contribution is 2.21. The van der Waals surface area contributed by atoms with Gasteiger partial charge >= 0.3 is 0 Å². The highest BCUT2D eigenvalue weighted by molar-refractivity contribution is 6.21. The van der Waals surface area contributed by atoms with Crippen LogP contribution in [-0.2, 0) is 0 Å². The van der Waals surface area contributed by atoms with Crippen LogP contribution in [0.5, 0.6) is 0 Å². The van der Waals surface area contributed by atoms with Gasteiger partial charge in [-0.1, -0.05) is 19.1 Å². The van der Waals surface area contributed by atoms with Crippen molar-refractivity contribution in [3.63, 3.8) is 0 Å². The number of aliphatic imine (C=N–C) groups is 1. The highest BCUT2D eigenvalue weighted by Gasteiger charge is 2.34. The van der Waals surface area contributed by atoms with Gasteiger partial charge in [-0.15, -0.1) is 0 Å². The summed E-state index contributed by atoms with van der Waals surface area (Å²) in [5, 5.41) is 6.23. The number of rotatable bonds is 5. The Kier molecular flexibility index (Phi) is 4.92. The van der Waals surface area contributed by atoms with Gasteiger partial charge in [0.2, 0.25) is 0 Å². The van der Waals surface area contributed by atoms with Crippen molar-refractivity contribution in [1.29, 1.82) is 0 Å². The number of hydrogen-bond acceptors (Lipinski definition) is 3. The molecule has 1 heterocycles. The van der Waals surface area contributed by atoms with E-state index in [0.29, 0.717) is 30.2 Å². The van der Waals surface area contributed by atoms with Gasteiger partial charge in [0.05, 0.1) is 11.1 Å². The lowest BCUT2D eigenvalue weighted by atomic mass is 10.1. The van der Waals surface area contributed by atoms with E-state index in [4.69, 9.17) is 0 Å². The van der Waals surface area contributed by atoms with E-state index < -0.39 is 0 Å². The number of amides is 2. The third-order valence-electron chi connectivity index (χ3n) is 3.27. The molecular weight excluding hydrogens is 268 g/mol. The molecule has 0 unspecified atom stereocenters. The van der Waals surface area contributed by atoms with E-state index >= 15 is 0 Å². The predicted octanol–water partition coefficient (Wildman–Crippen LogP) is 0.858. The second-order valence-electron chi connectivity index (χ2n) is 4.73. The SMILES string of the molecule is CCCNC(=NC)NCCN1C(=O)c2ccccc2C1=O. The number of fused-ring (bicyclic) bond motifs is 1. The Balaban J connectivity index is 1.91. The minimum atomic E-state index is -0.228. The van der Waals surface area contributed by atoms with Crippen LogP contribution in [0.25, 0.3) is 0 Å². The first-order chi connectivity index (χ1) is 10.2. The molecule has 1 aliphatic rings. The third kappa shape index (κ3) is 3.21. The Morgan fingerprint density at radius 2 is 1.67 bits per heavy atom. The maximum atomic E-state index is 12.2. The molecule has 0 fully saturated rings. The van der Waals surface area contributed by atoms with Crippen LogP contribution in [0.3, 0.4) is 0 Å². The van der Waals surface area contributed by atoms with Crippen LogP contribution in [-0.4, -0.2) is 49.4 Å². The standard InChI is InChI=1S/C15H20N4O2/c1-3-8-17-15(16-2)18-9-10-19-13(20)11-6-4-5-7-12(11)14(19)21/h4-7H,3,8-10H2,1-2H3,(H2,16,17,18). The van der Waals surface area contributed by atoms with E-state index in [1.807, 2.05) is 0 Å². The lowest BCUT2D eigenvalue weighted by Gasteiger charge is -2.16. The molecule has 21 heavy (non-hydrogen) atoms. The molecule has 0 bridgehead atoms. The summed E-state index contributed by atoms with van der Waals surface area (Å²) >= 11 is 0. The van der Waals surface area contributed by atoms with Crippen molar-refractivity contribution in [3.8, 4) is 0 Å². The van der Waals surface area contributed by atoms with Crippen LogP contribution in [0, 0.1) is 0 Å². The molecule has 1 aliphatic heterocycles. The zero-order valence-corrected chi connectivity index (χ0v) is 12.3. The molecule has 0 saturated heterocycles. The van der Waals surface area contributed by atoms with Gasteiger partial charge in [-0.2, -0.15) is 0 Å². The van der Waals surface area contributed by atoms with Crippen molar-refractivity contribution in [2.75, 3.05) is 26.7 Å². The fourth-order valence-corrected chi connectivity index (χ4v) is 2.19. The average molecular weight is 288 g/mol. The minimum absolute atomic E-state index is 0.228. The summed E-state index contributed by atoms with van der Waals surface area (Å²) in [5.41, 5.74) is 0.965. The Labute approximate surface area is 124 Å². The molecule has 2 rings (SSSR count). The second kappa shape index (κ2) is 6.88. The van der Waals surface area contributed by atoms with Crippen LogP contribution in [0.4, 0.5) is 0 Å². The van der Waals surface area contributed by atoms with Crippen LogP contribution in [0.2, 0.25) is 0 Å². The molecule has 6 nitrogen and oxygen atoms in total. The van der Waals surface area contributed by atoms with Crippen LogP contribution in [0.15, 0.2) is 29.3 Å². The molecule has 2 amide bonds. The number of imide groups is 1. The fraction of sp³-hybridized carbons (Fsp3) is 0.400. The molecule has 1 aromatic rings. The van der Waals surface area contributed by atoms with Crippen LogP contribution < -0.4 is 10.6 Å².